The van der Waals surface area contributed by atoms with Crippen LogP contribution in [0.25, 0.3) is 0 Å². The SMILES string of the molecule is COc1cc(C(=O)NC(CC2CC2)C(=O)O)ccc1OCC(N)=O. The summed E-state index contributed by atoms with van der Waals surface area (Å²) in [5, 5.41) is 11.7. The molecule has 1 fully saturated rings. The van der Waals surface area contributed by atoms with Crippen LogP contribution >= 0.6 is 0 Å². The molecule has 8 heteroatoms. The van der Waals surface area contributed by atoms with Crippen molar-refractivity contribution >= 4 is 17.8 Å². The standard InChI is InChI=1S/C16H20N2O6/c1-23-13-7-10(4-5-12(13)24-8-14(17)19)15(20)18-11(16(21)22)6-9-2-3-9/h4-5,7,9,11H,2-3,6,8H2,1H3,(H2,17,19)(H,18,20)(H,21,22). The molecule has 0 saturated heterocycles. The van der Waals surface area contributed by atoms with E-state index in [1.54, 1.807) is 0 Å². The number of carbonyl (C=O) groups excluding carboxylic acids is 2. The number of rotatable bonds is 9. The Balaban J connectivity index is 2.07. The van der Waals surface area contributed by atoms with Gasteiger partial charge in [0.1, 0.15) is 6.04 Å². The maximum Gasteiger partial charge on any atom is 0.326 e. The number of hydrogen-bond acceptors (Lipinski definition) is 5. The van der Waals surface area contributed by atoms with Gasteiger partial charge in [0.05, 0.1) is 7.11 Å². The van der Waals surface area contributed by atoms with Gasteiger partial charge in [0.15, 0.2) is 18.1 Å². The van der Waals surface area contributed by atoms with Gasteiger partial charge >= 0.3 is 5.97 Å². The highest BCUT2D eigenvalue weighted by Gasteiger charge is 2.30. The van der Waals surface area contributed by atoms with E-state index in [1.807, 2.05) is 0 Å². The van der Waals surface area contributed by atoms with E-state index in [9.17, 15) is 19.5 Å². The van der Waals surface area contributed by atoms with Crippen LogP contribution in [0.15, 0.2) is 18.2 Å². The lowest BCUT2D eigenvalue weighted by molar-refractivity contribution is -0.139. The Morgan fingerprint density at radius 1 is 1.33 bits per heavy atom. The molecular formula is C16H20N2O6. The maximum absolute atomic E-state index is 12.3. The third-order valence-electron chi connectivity index (χ3n) is 3.67. The van der Waals surface area contributed by atoms with Crippen LogP contribution < -0.4 is 20.5 Å². The van der Waals surface area contributed by atoms with Crippen molar-refractivity contribution in [1.29, 1.82) is 0 Å². The third-order valence-corrected chi connectivity index (χ3v) is 3.67. The van der Waals surface area contributed by atoms with Crippen molar-refractivity contribution in [2.75, 3.05) is 13.7 Å². The Morgan fingerprint density at radius 2 is 2.04 bits per heavy atom. The molecule has 24 heavy (non-hydrogen) atoms. The molecule has 1 aliphatic rings. The van der Waals surface area contributed by atoms with Crippen LogP contribution in [0.5, 0.6) is 11.5 Å². The number of aliphatic carboxylic acids is 1. The molecule has 0 aromatic heterocycles. The van der Waals surface area contributed by atoms with Gasteiger partial charge in [0.2, 0.25) is 0 Å². The Hall–Kier alpha value is -2.77. The van der Waals surface area contributed by atoms with E-state index in [4.69, 9.17) is 15.2 Å². The highest BCUT2D eigenvalue weighted by molar-refractivity contribution is 5.97. The fourth-order valence-electron chi connectivity index (χ4n) is 2.23. The summed E-state index contributed by atoms with van der Waals surface area (Å²) in [6.45, 7) is -0.315. The number of amides is 2. The summed E-state index contributed by atoms with van der Waals surface area (Å²) < 4.78 is 10.3. The Labute approximate surface area is 138 Å². The summed E-state index contributed by atoms with van der Waals surface area (Å²) >= 11 is 0. The van der Waals surface area contributed by atoms with Crippen molar-refractivity contribution in [2.24, 2.45) is 11.7 Å². The Morgan fingerprint density at radius 3 is 2.58 bits per heavy atom. The van der Waals surface area contributed by atoms with Crippen LogP contribution in [0.2, 0.25) is 0 Å². The number of methoxy groups -OCH3 is 1. The molecule has 1 aromatic rings. The normalized spacial score (nSPS) is 14.5. The van der Waals surface area contributed by atoms with E-state index in [0.29, 0.717) is 12.3 Å². The van der Waals surface area contributed by atoms with Crippen molar-refractivity contribution in [3.05, 3.63) is 23.8 Å². The van der Waals surface area contributed by atoms with Crippen molar-refractivity contribution in [1.82, 2.24) is 5.32 Å². The summed E-state index contributed by atoms with van der Waals surface area (Å²) in [5.41, 5.74) is 5.25. The minimum absolute atomic E-state index is 0.236. The smallest absolute Gasteiger partial charge is 0.326 e. The first-order valence-electron chi connectivity index (χ1n) is 7.53. The van der Waals surface area contributed by atoms with Crippen molar-refractivity contribution in [2.45, 2.75) is 25.3 Å². The average molecular weight is 336 g/mol. The molecule has 1 aliphatic carbocycles. The van der Waals surface area contributed by atoms with E-state index in [-0.39, 0.29) is 23.7 Å². The van der Waals surface area contributed by atoms with Crippen molar-refractivity contribution in [3.8, 4) is 11.5 Å². The van der Waals surface area contributed by atoms with Gasteiger partial charge in [-0.2, -0.15) is 0 Å². The second-order valence-electron chi connectivity index (χ2n) is 5.66. The summed E-state index contributed by atoms with van der Waals surface area (Å²) in [5.74, 6) is -1.32. The first-order chi connectivity index (χ1) is 11.4. The third kappa shape index (κ3) is 4.87. The lowest BCUT2D eigenvalue weighted by atomic mass is 10.1. The van der Waals surface area contributed by atoms with Crippen LogP contribution in [-0.2, 0) is 9.59 Å². The number of carboxylic acids is 1. The number of primary amides is 1. The maximum atomic E-state index is 12.3. The number of hydrogen-bond donors (Lipinski definition) is 3. The Bertz CT molecular complexity index is 641. The molecule has 0 spiro atoms. The van der Waals surface area contributed by atoms with Crippen LogP contribution in [0.4, 0.5) is 0 Å². The second-order valence-corrected chi connectivity index (χ2v) is 5.66. The average Bonchev–Trinajstić information content (AvgIpc) is 3.35. The number of carboxylic acid groups (broad SMARTS) is 1. The zero-order valence-electron chi connectivity index (χ0n) is 13.3. The van der Waals surface area contributed by atoms with Crippen molar-refractivity contribution < 1.29 is 29.0 Å². The molecule has 0 heterocycles. The molecule has 130 valence electrons. The number of nitrogens with one attached hydrogen (secondary N) is 1. The first-order valence-corrected chi connectivity index (χ1v) is 7.53. The molecule has 2 rings (SSSR count). The zero-order valence-corrected chi connectivity index (χ0v) is 13.3. The van der Waals surface area contributed by atoms with Crippen LogP contribution in [0.1, 0.15) is 29.6 Å². The van der Waals surface area contributed by atoms with Crippen LogP contribution in [0, 0.1) is 5.92 Å². The molecule has 2 amide bonds. The number of nitrogens with two attached hydrogens (primary N) is 1. The molecule has 1 unspecified atom stereocenters. The molecule has 1 aromatic carbocycles. The van der Waals surface area contributed by atoms with Gasteiger partial charge in [-0.15, -0.1) is 0 Å². The highest BCUT2D eigenvalue weighted by Crippen LogP contribution is 2.33. The van der Waals surface area contributed by atoms with Crippen LogP contribution in [-0.4, -0.2) is 42.6 Å². The van der Waals surface area contributed by atoms with Gasteiger partial charge in [-0.1, -0.05) is 12.8 Å². The largest absolute Gasteiger partial charge is 0.493 e. The van der Waals surface area contributed by atoms with E-state index in [0.717, 1.165) is 12.8 Å². The summed E-state index contributed by atoms with van der Waals surface area (Å²) in [7, 11) is 1.39. The van der Waals surface area contributed by atoms with Crippen molar-refractivity contribution in [3.63, 3.8) is 0 Å². The monoisotopic (exact) mass is 336 g/mol. The zero-order chi connectivity index (χ0) is 17.7. The molecule has 1 saturated carbocycles. The molecule has 0 aliphatic heterocycles. The quantitative estimate of drug-likeness (QED) is 0.604. The topological polar surface area (TPSA) is 128 Å². The van der Waals surface area contributed by atoms with Crippen LogP contribution in [0.3, 0.4) is 0 Å². The van der Waals surface area contributed by atoms with E-state index >= 15 is 0 Å². The summed E-state index contributed by atoms with van der Waals surface area (Å²) in [4.78, 5) is 34.3. The van der Waals surface area contributed by atoms with Gasteiger partial charge in [0, 0.05) is 5.56 Å². The number of ether oxygens (including phenoxy) is 2. The van der Waals surface area contributed by atoms with Gasteiger partial charge in [-0.25, -0.2) is 4.79 Å². The molecule has 1 atom stereocenters. The minimum atomic E-state index is -1.05. The first kappa shape index (κ1) is 17.6. The summed E-state index contributed by atoms with van der Waals surface area (Å²) in [6, 6.07) is 3.43. The van der Waals surface area contributed by atoms with Gasteiger partial charge < -0.3 is 25.6 Å². The van der Waals surface area contributed by atoms with Gasteiger partial charge in [-0.05, 0) is 30.5 Å². The second kappa shape index (κ2) is 7.67. The molecule has 0 bridgehead atoms. The number of carbonyl (C=O) groups is 3. The predicted octanol–water partition coefficient (Wildman–Crippen LogP) is 0.542. The van der Waals surface area contributed by atoms with E-state index < -0.39 is 23.8 Å². The number of benzene rings is 1. The van der Waals surface area contributed by atoms with Gasteiger partial charge in [0.25, 0.3) is 11.8 Å². The highest BCUT2D eigenvalue weighted by atomic mass is 16.5. The molecule has 8 nitrogen and oxygen atoms in total. The van der Waals surface area contributed by atoms with E-state index in [1.165, 1.54) is 25.3 Å². The van der Waals surface area contributed by atoms with E-state index in [2.05, 4.69) is 5.32 Å². The van der Waals surface area contributed by atoms with Gasteiger partial charge in [-0.3, -0.25) is 9.59 Å². The fraction of sp³-hybridized carbons (Fsp3) is 0.438. The molecule has 0 radical (unpaired) electrons. The molecule has 4 N–H and O–H groups in total. The summed E-state index contributed by atoms with van der Waals surface area (Å²) in [6.07, 6.45) is 2.43. The fourth-order valence-corrected chi connectivity index (χ4v) is 2.23. The lowest BCUT2D eigenvalue weighted by Crippen LogP contribution is -2.41. The predicted molar refractivity (Wildman–Crippen MR) is 83.9 cm³/mol. The lowest BCUT2D eigenvalue weighted by Gasteiger charge is -2.15. The Kier molecular flexibility index (Phi) is 5.62. The minimum Gasteiger partial charge on any atom is -0.493 e. The molecular weight excluding hydrogens is 316 g/mol.